The molecule has 1 amide bonds. The second-order valence-electron chi connectivity index (χ2n) is 4.25. The summed E-state index contributed by atoms with van der Waals surface area (Å²) in [6, 6.07) is 6.26. The summed E-state index contributed by atoms with van der Waals surface area (Å²) in [7, 11) is -1.88. The highest BCUT2D eigenvalue weighted by Gasteiger charge is 2.15. The average molecular weight is 286 g/mol. The highest BCUT2D eigenvalue weighted by Crippen LogP contribution is 2.16. The van der Waals surface area contributed by atoms with Crippen LogP contribution in [0, 0.1) is 0 Å². The topological polar surface area (TPSA) is 84.5 Å². The van der Waals surface area contributed by atoms with Gasteiger partial charge in [-0.25, -0.2) is 8.42 Å². The average Bonchev–Trinajstić information content (AvgIpc) is 2.27. The second kappa shape index (κ2) is 6.53. The molecule has 0 saturated carbocycles. The normalized spacial score (nSPS) is 12.8. The molecule has 1 aromatic rings. The summed E-state index contributed by atoms with van der Waals surface area (Å²) in [6.07, 6.45) is 1.04. The molecule has 6 nitrogen and oxygen atoms in total. The van der Waals surface area contributed by atoms with Crippen LogP contribution in [0.4, 0.5) is 5.69 Å². The largest absolute Gasteiger partial charge is 0.383 e. The van der Waals surface area contributed by atoms with Gasteiger partial charge >= 0.3 is 0 Å². The Morgan fingerprint density at radius 3 is 2.58 bits per heavy atom. The summed E-state index contributed by atoms with van der Waals surface area (Å²) in [4.78, 5) is 12.0. The third-order valence-corrected chi connectivity index (χ3v) is 2.85. The smallest absolute Gasteiger partial charge is 0.253 e. The Balaban J connectivity index is 2.91. The first kappa shape index (κ1) is 15.5. The predicted molar refractivity (Wildman–Crippen MR) is 73.7 cm³/mol. The van der Waals surface area contributed by atoms with Gasteiger partial charge in [0.2, 0.25) is 10.0 Å². The van der Waals surface area contributed by atoms with E-state index in [0.29, 0.717) is 6.61 Å². The van der Waals surface area contributed by atoms with Crippen molar-refractivity contribution in [2.24, 2.45) is 0 Å². The number of sulfonamides is 1. The fraction of sp³-hybridized carbons (Fsp3) is 0.417. The highest BCUT2D eigenvalue weighted by atomic mass is 32.2. The van der Waals surface area contributed by atoms with Crippen LogP contribution >= 0.6 is 0 Å². The minimum atomic E-state index is -3.43. The number of carbonyl (C=O) groups excluding carboxylic acids is 1. The number of anilines is 1. The molecular formula is C12H18N2O4S. The van der Waals surface area contributed by atoms with Crippen LogP contribution in [0.15, 0.2) is 24.3 Å². The number of methoxy groups -OCH3 is 1. The molecule has 1 atom stereocenters. The van der Waals surface area contributed by atoms with Gasteiger partial charge in [0, 0.05) is 13.2 Å². The molecule has 0 radical (unpaired) electrons. The zero-order valence-electron chi connectivity index (χ0n) is 11.1. The fourth-order valence-corrected chi connectivity index (χ4v) is 2.14. The van der Waals surface area contributed by atoms with Crippen LogP contribution in [0.1, 0.15) is 17.3 Å². The van der Waals surface area contributed by atoms with E-state index in [0.717, 1.165) is 6.26 Å². The summed E-state index contributed by atoms with van der Waals surface area (Å²) in [6.45, 7) is 2.18. The first-order valence-corrected chi connectivity index (χ1v) is 7.59. The fourth-order valence-electron chi connectivity index (χ4n) is 1.56. The molecule has 0 spiro atoms. The van der Waals surface area contributed by atoms with Crippen molar-refractivity contribution in [3.8, 4) is 0 Å². The van der Waals surface area contributed by atoms with Crippen LogP contribution in [-0.2, 0) is 14.8 Å². The van der Waals surface area contributed by atoms with E-state index in [9.17, 15) is 13.2 Å². The van der Waals surface area contributed by atoms with Gasteiger partial charge in [0.05, 0.1) is 24.1 Å². The van der Waals surface area contributed by atoms with E-state index < -0.39 is 10.0 Å². The lowest BCUT2D eigenvalue weighted by Crippen LogP contribution is -2.36. The summed E-state index contributed by atoms with van der Waals surface area (Å²) in [5.41, 5.74) is 0.531. The van der Waals surface area contributed by atoms with Gasteiger partial charge in [0.15, 0.2) is 0 Å². The molecule has 2 N–H and O–H groups in total. The van der Waals surface area contributed by atoms with Crippen LogP contribution in [0.3, 0.4) is 0 Å². The Morgan fingerprint density at radius 1 is 1.37 bits per heavy atom. The zero-order chi connectivity index (χ0) is 14.5. The SMILES string of the molecule is COC[C@H](C)NC(=O)c1ccccc1NS(C)(=O)=O. The Hall–Kier alpha value is -1.60. The van der Waals surface area contributed by atoms with E-state index in [1.807, 2.05) is 0 Å². The molecule has 0 aromatic heterocycles. The minimum Gasteiger partial charge on any atom is -0.383 e. The number of ether oxygens (including phenoxy) is 1. The number of hydrogen-bond donors (Lipinski definition) is 2. The van der Waals surface area contributed by atoms with Gasteiger partial charge in [-0.3, -0.25) is 9.52 Å². The van der Waals surface area contributed by atoms with Crippen LogP contribution in [0.2, 0.25) is 0 Å². The van der Waals surface area contributed by atoms with Crippen LogP contribution in [0.5, 0.6) is 0 Å². The molecule has 0 unspecified atom stereocenters. The first-order chi connectivity index (χ1) is 8.83. The number of benzene rings is 1. The highest BCUT2D eigenvalue weighted by molar-refractivity contribution is 7.92. The Labute approximate surface area is 113 Å². The summed E-state index contributed by atoms with van der Waals surface area (Å²) >= 11 is 0. The summed E-state index contributed by atoms with van der Waals surface area (Å²) in [5, 5.41) is 2.72. The molecule has 19 heavy (non-hydrogen) atoms. The maximum absolute atomic E-state index is 12.0. The minimum absolute atomic E-state index is 0.163. The molecule has 1 aromatic carbocycles. The maximum Gasteiger partial charge on any atom is 0.253 e. The van der Waals surface area contributed by atoms with Crippen molar-refractivity contribution >= 4 is 21.6 Å². The molecule has 1 rings (SSSR count). The molecule has 106 valence electrons. The number of amides is 1. The molecule has 0 aliphatic carbocycles. The third-order valence-electron chi connectivity index (χ3n) is 2.26. The van der Waals surface area contributed by atoms with E-state index >= 15 is 0 Å². The maximum atomic E-state index is 12.0. The van der Waals surface area contributed by atoms with Crippen LogP contribution in [-0.4, -0.2) is 40.3 Å². The third kappa shape index (κ3) is 5.27. The molecule has 0 bridgehead atoms. The van der Waals surface area contributed by atoms with Crippen molar-refractivity contribution in [2.45, 2.75) is 13.0 Å². The van der Waals surface area contributed by atoms with E-state index in [4.69, 9.17) is 4.74 Å². The van der Waals surface area contributed by atoms with Gasteiger partial charge in [-0.05, 0) is 19.1 Å². The van der Waals surface area contributed by atoms with E-state index in [1.54, 1.807) is 32.2 Å². The standard InChI is InChI=1S/C12H18N2O4S/c1-9(8-18-2)13-12(15)10-6-4-5-7-11(10)14-19(3,16)17/h4-7,9,14H,8H2,1-3H3,(H,13,15)/t9-/m0/s1. The zero-order valence-corrected chi connectivity index (χ0v) is 12.0. The number of rotatable bonds is 6. The van der Waals surface area contributed by atoms with Gasteiger partial charge in [-0.2, -0.15) is 0 Å². The van der Waals surface area contributed by atoms with Gasteiger partial charge in [-0.15, -0.1) is 0 Å². The molecule has 0 fully saturated rings. The van der Waals surface area contributed by atoms with Gasteiger partial charge < -0.3 is 10.1 Å². The first-order valence-electron chi connectivity index (χ1n) is 5.70. The monoisotopic (exact) mass is 286 g/mol. The lowest BCUT2D eigenvalue weighted by Gasteiger charge is -2.15. The molecule has 0 aliphatic heterocycles. The molecular weight excluding hydrogens is 268 g/mol. The molecule has 0 aliphatic rings. The van der Waals surface area contributed by atoms with Crippen molar-refractivity contribution in [1.82, 2.24) is 5.32 Å². The van der Waals surface area contributed by atoms with Crippen molar-refractivity contribution in [1.29, 1.82) is 0 Å². The van der Waals surface area contributed by atoms with Gasteiger partial charge in [0.25, 0.3) is 5.91 Å². The van der Waals surface area contributed by atoms with Gasteiger partial charge in [-0.1, -0.05) is 12.1 Å². The lowest BCUT2D eigenvalue weighted by molar-refractivity contribution is 0.0906. The Kier molecular flexibility index (Phi) is 5.31. The van der Waals surface area contributed by atoms with Crippen LogP contribution in [0.25, 0.3) is 0 Å². The molecule has 0 heterocycles. The van der Waals surface area contributed by atoms with Gasteiger partial charge in [0.1, 0.15) is 0 Å². The molecule has 7 heteroatoms. The Bertz CT molecular complexity index is 542. The van der Waals surface area contributed by atoms with Crippen molar-refractivity contribution in [3.05, 3.63) is 29.8 Å². The van der Waals surface area contributed by atoms with E-state index in [2.05, 4.69) is 10.0 Å². The Morgan fingerprint density at radius 2 is 2.00 bits per heavy atom. The summed E-state index contributed by atoms with van der Waals surface area (Å²) < 4.78 is 29.7. The second-order valence-corrected chi connectivity index (χ2v) is 6.00. The number of carbonyl (C=O) groups is 1. The van der Waals surface area contributed by atoms with E-state index in [-0.39, 0.29) is 23.2 Å². The number of nitrogens with one attached hydrogen (secondary N) is 2. The lowest BCUT2D eigenvalue weighted by atomic mass is 10.1. The quantitative estimate of drug-likeness (QED) is 0.811. The van der Waals surface area contributed by atoms with Crippen molar-refractivity contribution < 1.29 is 17.9 Å². The van der Waals surface area contributed by atoms with Crippen LogP contribution < -0.4 is 10.0 Å². The van der Waals surface area contributed by atoms with Crippen molar-refractivity contribution in [3.63, 3.8) is 0 Å². The number of hydrogen-bond acceptors (Lipinski definition) is 4. The predicted octanol–water partition coefficient (Wildman–Crippen LogP) is 0.823. The number of para-hydroxylation sites is 1. The van der Waals surface area contributed by atoms with Crippen molar-refractivity contribution in [2.75, 3.05) is 24.7 Å². The summed E-state index contributed by atoms with van der Waals surface area (Å²) in [5.74, 6) is -0.351. The van der Waals surface area contributed by atoms with E-state index in [1.165, 1.54) is 6.07 Å². The molecule has 0 saturated heterocycles.